The van der Waals surface area contributed by atoms with Gasteiger partial charge in [-0.15, -0.1) is 0 Å². The van der Waals surface area contributed by atoms with E-state index in [0.717, 1.165) is 19.3 Å². The quantitative estimate of drug-likeness (QED) is 0.486. The second-order valence-electron chi connectivity index (χ2n) is 3.19. The molecule has 0 aromatic heterocycles. The molecular formula is C8H19NO3S. The summed E-state index contributed by atoms with van der Waals surface area (Å²) in [5.74, 6) is 0. The lowest BCUT2D eigenvalue weighted by atomic mass is 10.1. The van der Waals surface area contributed by atoms with Crippen LogP contribution in [0.5, 0.6) is 0 Å². The Bertz CT molecular complexity index is 213. The van der Waals surface area contributed by atoms with Gasteiger partial charge in [-0.1, -0.05) is 26.2 Å². The minimum atomic E-state index is -3.87. The minimum Gasteiger partial charge on any atom is -0.318 e. The molecule has 0 aliphatic carbocycles. The van der Waals surface area contributed by atoms with Crippen molar-refractivity contribution in [3.63, 3.8) is 0 Å². The van der Waals surface area contributed by atoms with Crippen LogP contribution in [0.25, 0.3) is 0 Å². The largest absolute Gasteiger partial charge is 0.318 e. The summed E-state index contributed by atoms with van der Waals surface area (Å²) in [5, 5.41) is 2.11. The van der Waals surface area contributed by atoms with Crippen LogP contribution in [0.15, 0.2) is 0 Å². The highest BCUT2D eigenvalue weighted by Crippen LogP contribution is 2.09. The summed E-state index contributed by atoms with van der Waals surface area (Å²) in [7, 11) is -2.19. The number of rotatable bonds is 7. The first-order valence-electron chi connectivity index (χ1n) is 4.63. The molecule has 0 amide bonds. The van der Waals surface area contributed by atoms with Crippen LogP contribution >= 0.6 is 0 Å². The van der Waals surface area contributed by atoms with E-state index in [1.54, 1.807) is 7.05 Å². The lowest BCUT2D eigenvalue weighted by molar-refractivity contribution is 0.453. The summed E-state index contributed by atoms with van der Waals surface area (Å²) in [6.45, 7) is 2.38. The second kappa shape index (κ2) is 6.34. The highest BCUT2D eigenvalue weighted by atomic mass is 32.2. The van der Waals surface area contributed by atoms with E-state index in [1.165, 1.54) is 0 Å². The average molecular weight is 209 g/mol. The summed E-state index contributed by atoms with van der Waals surface area (Å²) in [6, 6.07) is 0. The highest BCUT2D eigenvalue weighted by molar-refractivity contribution is 7.86. The predicted molar refractivity (Wildman–Crippen MR) is 53.4 cm³/mol. The molecule has 4 nitrogen and oxygen atoms in total. The number of unbranched alkanes of at least 4 members (excludes halogenated alkanes) is 2. The SMILES string of the molecule is CCCCCC(CNC)S(=O)(=O)O. The lowest BCUT2D eigenvalue weighted by Crippen LogP contribution is -2.31. The molecule has 0 spiro atoms. The van der Waals surface area contributed by atoms with Gasteiger partial charge in [0.2, 0.25) is 0 Å². The van der Waals surface area contributed by atoms with Gasteiger partial charge in [-0.2, -0.15) is 8.42 Å². The number of hydrogen-bond donors (Lipinski definition) is 2. The van der Waals surface area contributed by atoms with Crippen LogP contribution in [-0.4, -0.2) is 31.8 Å². The predicted octanol–water partition coefficient (Wildman–Crippen LogP) is 1.04. The van der Waals surface area contributed by atoms with Crippen molar-refractivity contribution in [1.29, 1.82) is 0 Å². The van der Waals surface area contributed by atoms with Gasteiger partial charge in [-0.3, -0.25) is 4.55 Å². The van der Waals surface area contributed by atoms with Crippen LogP contribution in [-0.2, 0) is 10.1 Å². The molecule has 0 aromatic carbocycles. The van der Waals surface area contributed by atoms with E-state index in [9.17, 15) is 8.42 Å². The monoisotopic (exact) mass is 209 g/mol. The van der Waals surface area contributed by atoms with Gasteiger partial charge in [0.25, 0.3) is 10.1 Å². The fourth-order valence-electron chi connectivity index (χ4n) is 1.21. The van der Waals surface area contributed by atoms with E-state index >= 15 is 0 Å². The van der Waals surface area contributed by atoms with Crippen LogP contribution in [0.3, 0.4) is 0 Å². The second-order valence-corrected chi connectivity index (χ2v) is 4.89. The molecule has 0 heterocycles. The maximum atomic E-state index is 10.8. The molecule has 2 N–H and O–H groups in total. The fourth-order valence-corrected chi connectivity index (χ4v) is 2.05. The number of hydrogen-bond acceptors (Lipinski definition) is 3. The Morgan fingerprint density at radius 2 is 2.00 bits per heavy atom. The first kappa shape index (κ1) is 12.9. The molecule has 0 fully saturated rings. The molecule has 80 valence electrons. The van der Waals surface area contributed by atoms with Gasteiger partial charge in [0.15, 0.2) is 0 Å². The van der Waals surface area contributed by atoms with Gasteiger partial charge < -0.3 is 5.32 Å². The molecule has 1 unspecified atom stereocenters. The summed E-state index contributed by atoms with van der Waals surface area (Å²) >= 11 is 0. The molecular weight excluding hydrogens is 190 g/mol. The zero-order valence-corrected chi connectivity index (χ0v) is 9.10. The molecule has 0 aliphatic rings. The van der Waals surface area contributed by atoms with E-state index in [2.05, 4.69) is 12.2 Å². The lowest BCUT2D eigenvalue weighted by Gasteiger charge is -2.12. The Kier molecular flexibility index (Phi) is 6.28. The van der Waals surface area contributed by atoms with Crippen molar-refractivity contribution in [3.05, 3.63) is 0 Å². The van der Waals surface area contributed by atoms with E-state index < -0.39 is 15.4 Å². The molecule has 0 saturated heterocycles. The van der Waals surface area contributed by atoms with Crippen molar-refractivity contribution >= 4 is 10.1 Å². The Morgan fingerprint density at radius 1 is 1.38 bits per heavy atom. The molecule has 13 heavy (non-hydrogen) atoms. The Labute approximate surface area is 80.5 Å². The van der Waals surface area contributed by atoms with Crippen LogP contribution in [0, 0.1) is 0 Å². The number of nitrogens with one attached hydrogen (secondary N) is 1. The normalized spacial score (nSPS) is 14.4. The standard InChI is InChI=1S/C8H19NO3S/c1-3-4-5-6-8(7-9-2)13(10,11)12/h8-9H,3-7H2,1-2H3,(H,10,11,12). The van der Waals surface area contributed by atoms with Crippen molar-refractivity contribution in [3.8, 4) is 0 Å². The van der Waals surface area contributed by atoms with Crippen molar-refractivity contribution in [2.24, 2.45) is 0 Å². The maximum Gasteiger partial charge on any atom is 0.269 e. The van der Waals surface area contributed by atoms with Gasteiger partial charge >= 0.3 is 0 Å². The summed E-state index contributed by atoms with van der Waals surface area (Å²) in [5.41, 5.74) is 0. The van der Waals surface area contributed by atoms with E-state index in [4.69, 9.17) is 4.55 Å². The minimum absolute atomic E-state index is 0.322. The van der Waals surface area contributed by atoms with E-state index in [-0.39, 0.29) is 0 Å². The van der Waals surface area contributed by atoms with Crippen LogP contribution in [0.1, 0.15) is 32.6 Å². The summed E-state index contributed by atoms with van der Waals surface area (Å²) in [4.78, 5) is 0. The van der Waals surface area contributed by atoms with Gasteiger partial charge in [0, 0.05) is 6.54 Å². The molecule has 0 rings (SSSR count). The summed E-state index contributed by atoms with van der Waals surface area (Å²) < 4.78 is 30.5. The van der Waals surface area contributed by atoms with Crippen molar-refractivity contribution in [2.45, 2.75) is 37.9 Å². The Balaban J connectivity index is 3.96. The average Bonchev–Trinajstić information content (AvgIpc) is 2.01. The van der Waals surface area contributed by atoms with Crippen LogP contribution < -0.4 is 5.32 Å². The molecule has 1 atom stereocenters. The molecule has 0 aromatic rings. The first-order valence-corrected chi connectivity index (χ1v) is 6.13. The highest BCUT2D eigenvalue weighted by Gasteiger charge is 2.20. The third-order valence-electron chi connectivity index (χ3n) is 1.98. The zero-order chi connectivity index (χ0) is 10.3. The molecule has 0 aliphatic heterocycles. The van der Waals surface area contributed by atoms with Gasteiger partial charge in [-0.25, -0.2) is 0 Å². The molecule has 0 saturated carbocycles. The molecule has 5 heteroatoms. The first-order chi connectivity index (χ1) is 6.02. The third kappa shape index (κ3) is 6.01. The van der Waals surface area contributed by atoms with Gasteiger partial charge in [0.1, 0.15) is 0 Å². The van der Waals surface area contributed by atoms with Crippen molar-refractivity contribution in [1.82, 2.24) is 5.32 Å². The topological polar surface area (TPSA) is 66.4 Å². The zero-order valence-electron chi connectivity index (χ0n) is 8.28. The third-order valence-corrected chi connectivity index (χ3v) is 3.23. The van der Waals surface area contributed by atoms with E-state index in [1.807, 2.05) is 0 Å². The van der Waals surface area contributed by atoms with Crippen LogP contribution in [0.2, 0.25) is 0 Å². The van der Waals surface area contributed by atoms with E-state index in [0.29, 0.717) is 13.0 Å². The Hall–Kier alpha value is -0.130. The summed E-state index contributed by atoms with van der Waals surface area (Å²) in [6.07, 6.45) is 3.45. The smallest absolute Gasteiger partial charge is 0.269 e. The van der Waals surface area contributed by atoms with Gasteiger partial charge in [0.05, 0.1) is 5.25 Å². The molecule has 0 bridgehead atoms. The van der Waals surface area contributed by atoms with Crippen molar-refractivity contribution < 1.29 is 13.0 Å². The molecule has 0 radical (unpaired) electrons. The fraction of sp³-hybridized carbons (Fsp3) is 1.00. The maximum absolute atomic E-state index is 10.8. The van der Waals surface area contributed by atoms with Crippen molar-refractivity contribution in [2.75, 3.05) is 13.6 Å². The van der Waals surface area contributed by atoms with Crippen LogP contribution in [0.4, 0.5) is 0 Å². The Morgan fingerprint density at radius 3 is 2.38 bits per heavy atom. The van der Waals surface area contributed by atoms with Gasteiger partial charge in [-0.05, 0) is 13.5 Å².